The van der Waals surface area contributed by atoms with Gasteiger partial charge in [0, 0.05) is 29.8 Å². The second-order valence-corrected chi connectivity index (χ2v) is 8.36. The average Bonchev–Trinajstić information content (AvgIpc) is 2.93. The molecule has 4 aromatic carbocycles. The average molecular weight is 457 g/mol. The van der Waals surface area contributed by atoms with Crippen molar-refractivity contribution < 1.29 is 9.36 Å². The Labute approximate surface area is 205 Å². The molecule has 1 heterocycles. The van der Waals surface area contributed by atoms with Crippen molar-refractivity contribution in [3.8, 4) is 28.1 Å². The Hall–Kier alpha value is -4.70. The molecule has 0 unspecified atom stereocenters. The molecule has 0 bridgehead atoms. The molecule has 0 saturated carbocycles. The molecule has 170 valence electrons. The van der Waals surface area contributed by atoms with Crippen LogP contribution in [0.3, 0.4) is 0 Å². The number of aromatic nitrogens is 1. The molecule has 0 aliphatic heterocycles. The van der Waals surface area contributed by atoms with Gasteiger partial charge in [-0.15, -0.1) is 4.57 Å². The Morgan fingerprint density at radius 3 is 1.83 bits per heavy atom. The number of hydrogen-bond acceptors (Lipinski definition) is 2. The second-order valence-electron chi connectivity index (χ2n) is 8.36. The van der Waals surface area contributed by atoms with Gasteiger partial charge in [0.25, 0.3) is 5.69 Å². The Kier molecular flexibility index (Phi) is 6.35. The predicted octanol–water partition coefficient (Wildman–Crippen LogP) is 6.36. The van der Waals surface area contributed by atoms with E-state index in [1.54, 1.807) is 0 Å². The molecular formula is C31H26N3O+. The zero-order chi connectivity index (χ0) is 24.0. The SMILES string of the molecule is Cc1ccc(-[n+]2c(C(=O)NNc3ccccc3)cc(-c3ccccc3)cc2-c2ccccc2)cc1. The van der Waals surface area contributed by atoms with E-state index in [2.05, 4.69) is 60.2 Å². The fourth-order valence-corrected chi connectivity index (χ4v) is 4.07. The maximum atomic E-state index is 13.7. The van der Waals surface area contributed by atoms with Crippen LogP contribution in [0.5, 0.6) is 0 Å². The smallest absolute Gasteiger partial charge is 0.298 e. The first-order valence-electron chi connectivity index (χ1n) is 11.6. The number of anilines is 1. The van der Waals surface area contributed by atoms with E-state index in [1.807, 2.05) is 89.5 Å². The van der Waals surface area contributed by atoms with Crippen molar-refractivity contribution in [1.82, 2.24) is 5.43 Å². The largest absolute Gasteiger partial charge is 0.334 e. The number of benzene rings is 4. The Morgan fingerprint density at radius 1 is 0.629 bits per heavy atom. The maximum Gasteiger partial charge on any atom is 0.334 e. The van der Waals surface area contributed by atoms with Crippen LogP contribution in [-0.4, -0.2) is 5.91 Å². The van der Waals surface area contributed by atoms with Crippen molar-refractivity contribution in [1.29, 1.82) is 0 Å². The molecule has 0 saturated heterocycles. The molecule has 2 N–H and O–H groups in total. The molecule has 0 spiro atoms. The fraction of sp³-hybridized carbons (Fsp3) is 0.0323. The van der Waals surface area contributed by atoms with Crippen LogP contribution in [0, 0.1) is 6.92 Å². The number of aryl methyl sites for hydroxylation is 1. The molecular weight excluding hydrogens is 430 g/mol. The van der Waals surface area contributed by atoms with E-state index in [4.69, 9.17) is 0 Å². The predicted molar refractivity (Wildman–Crippen MR) is 141 cm³/mol. The number of carbonyl (C=O) groups excluding carboxylic acids is 1. The first kappa shape index (κ1) is 22.1. The topological polar surface area (TPSA) is 45.0 Å². The summed E-state index contributed by atoms with van der Waals surface area (Å²) in [7, 11) is 0. The Balaban J connectivity index is 1.70. The lowest BCUT2D eigenvalue weighted by Crippen LogP contribution is -2.45. The molecule has 5 rings (SSSR count). The van der Waals surface area contributed by atoms with Gasteiger partial charge < -0.3 is 0 Å². The molecule has 0 atom stereocenters. The number of pyridine rings is 1. The van der Waals surface area contributed by atoms with Crippen LogP contribution < -0.4 is 15.4 Å². The van der Waals surface area contributed by atoms with Crippen LogP contribution in [0.1, 0.15) is 16.1 Å². The third-order valence-electron chi connectivity index (χ3n) is 5.86. The summed E-state index contributed by atoms with van der Waals surface area (Å²) in [5.41, 5.74) is 13.3. The number of para-hydroxylation sites is 1. The van der Waals surface area contributed by atoms with Crippen LogP contribution in [-0.2, 0) is 0 Å². The molecule has 0 aliphatic carbocycles. The fourth-order valence-electron chi connectivity index (χ4n) is 4.07. The molecule has 0 aliphatic rings. The minimum Gasteiger partial charge on any atom is -0.298 e. The summed E-state index contributed by atoms with van der Waals surface area (Å²) in [6.07, 6.45) is 0. The molecule has 4 nitrogen and oxygen atoms in total. The Bertz CT molecular complexity index is 1430. The number of nitrogens with zero attached hydrogens (tertiary/aromatic N) is 1. The minimum atomic E-state index is -0.232. The summed E-state index contributed by atoms with van der Waals surface area (Å²) in [5.74, 6) is -0.232. The van der Waals surface area contributed by atoms with Gasteiger partial charge in [-0.25, -0.2) is 0 Å². The molecule has 0 radical (unpaired) electrons. The van der Waals surface area contributed by atoms with Crippen LogP contribution in [0.2, 0.25) is 0 Å². The third kappa shape index (κ3) is 4.97. The quantitative estimate of drug-likeness (QED) is 0.231. The van der Waals surface area contributed by atoms with Gasteiger partial charge in [0.1, 0.15) is 0 Å². The zero-order valence-corrected chi connectivity index (χ0v) is 19.5. The molecule has 5 aromatic rings. The maximum absolute atomic E-state index is 13.7. The third-order valence-corrected chi connectivity index (χ3v) is 5.86. The minimum absolute atomic E-state index is 0.232. The van der Waals surface area contributed by atoms with Crippen molar-refractivity contribution >= 4 is 11.6 Å². The number of hydrazine groups is 1. The van der Waals surface area contributed by atoms with Crippen molar-refractivity contribution in [3.05, 3.63) is 139 Å². The van der Waals surface area contributed by atoms with Gasteiger partial charge >= 0.3 is 5.91 Å². The standard InChI is InChI=1S/C31H25N3O/c1-23-17-19-28(20-18-23)34-29(25-13-7-3-8-14-25)21-26(24-11-5-2-6-12-24)22-30(34)31(35)33-32-27-15-9-4-10-16-27/h2-22,35H,1H3/p+1. The molecule has 0 fully saturated rings. The van der Waals surface area contributed by atoms with E-state index >= 15 is 0 Å². The van der Waals surface area contributed by atoms with Crippen LogP contribution in [0.25, 0.3) is 28.1 Å². The summed E-state index contributed by atoms with van der Waals surface area (Å²) >= 11 is 0. The summed E-state index contributed by atoms with van der Waals surface area (Å²) in [4.78, 5) is 13.7. The normalized spacial score (nSPS) is 10.5. The van der Waals surface area contributed by atoms with E-state index in [0.717, 1.165) is 39.3 Å². The highest BCUT2D eigenvalue weighted by atomic mass is 16.2. The van der Waals surface area contributed by atoms with E-state index in [0.29, 0.717) is 5.69 Å². The van der Waals surface area contributed by atoms with Crippen LogP contribution >= 0.6 is 0 Å². The first-order valence-corrected chi connectivity index (χ1v) is 11.6. The number of rotatable bonds is 6. The highest BCUT2D eigenvalue weighted by Crippen LogP contribution is 2.26. The van der Waals surface area contributed by atoms with E-state index in [9.17, 15) is 4.79 Å². The van der Waals surface area contributed by atoms with E-state index in [-0.39, 0.29) is 5.91 Å². The first-order chi connectivity index (χ1) is 17.2. The highest BCUT2D eigenvalue weighted by molar-refractivity contribution is 5.93. The lowest BCUT2D eigenvalue weighted by molar-refractivity contribution is -0.586. The Morgan fingerprint density at radius 2 is 1.20 bits per heavy atom. The van der Waals surface area contributed by atoms with Gasteiger partial charge in [0.15, 0.2) is 0 Å². The number of hydrogen-bond donors (Lipinski definition) is 2. The van der Waals surface area contributed by atoms with Gasteiger partial charge in [-0.05, 0) is 42.3 Å². The van der Waals surface area contributed by atoms with Gasteiger partial charge in [0.2, 0.25) is 11.4 Å². The van der Waals surface area contributed by atoms with Crippen LogP contribution in [0.4, 0.5) is 5.69 Å². The lowest BCUT2D eigenvalue weighted by atomic mass is 10.0. The monoisotopic (exact) mass is 456 g/mol. The summed E-state index contributed by atoms with van der Waals surface area (Å²) in [6, 6.07) is 42.2. The van der Waals surface area contributed by atoms with E-state index in [1.165, 1.54) is 0 Å². The van der Waals surface area contributed by atoms with Gasteiger partial charge in [-0.2, -0.15) is 0 Å². The summed E-state index contributed by atoms with van der Waals surface area (Å²) in [6.45, 7) is 2.06. The van der Waals surface area contributed by atoms with Crippen molar-refractivity contribution in [2.45, 2.75) is 6.92 Å². The molecule has 35 heavy (non-hydrogen) atoms. The number of carbonyl (C=O) groups is 1. The van der Waals surface area contributed by atoms with Crippen molar-refractivity contribution in [3.63, 3.8) is 0 Å². The highest BCUT2D eigenvalue weighted by Gasteiger charge is 2.28. The zero-order valence-electron chi connectivity index (χ0n) is 19.5. The number of nitrogens with one attached hydrogen (secondary N) is 2. The van der Waals surface area contributed by atoms with Crippen molar-refractivity contribution in [2.75, 3.05) is 5.43 Å². The second kappa shape index (κ2) is 10.1. The molecule has 4 heteroatoms. The van der Waals surface area contributed by atoms with Crippen LogP contribution in [0.15, 0.2) is 127 Å². The van der Waals surface area contributed by atoms with Gasteiger partial charge in [0.05, 0.1) is 5.69 Å². The molecule has 1 aromatic heterocycles. The molecule has 1 amide bonds. The van der Waals surface area contributed by atoms with E-state index < -0.39 is 0 Å². The van der Waals surface area contributed by atoms with Gasteiger partial charge in [-0.1, -0.05) is 84.4 Å². The summed E-state index contributed by atoms with van der Waals surface area (Å²) in [5, 5.41) is 0. The van der Waals surface area contributed by atoms with Crippen molar-refractivity contribution in [2.24, 2.45) is 0 Å². The lowest BCUT2D eigenvalue weighted by Gasteiger charge is -2.13. The number of amides is 1. The van der Waals surface area contributed by atoms with Gasteiger partial charge in [-0.3, -0.25) is 15.6 Å². The summed E-state index contributed by atoms with van der Waals surface area (Å²) < 4.78 is 2.02.